The molecular formula is C79H110N18O25S2. The van der Waals surface area contributed by atoms with Crippen molar-refractivity contribution in [1.82, 2.24) is 69.1 Å². The molecule has 2 aliphatic heterocycles. The minimum absolute atomic E-state index is 0.0357. The first-order valence-electron chi connectivity index (χ1n) is 39.9. The lowest BCUT2D eigenvalue weighted by molar-refractivity contribution is -0.143. The molecule has 0 spiro atoms. The average Bonchev–Trinajstić information content (AvgIpc) is 1.68. The number of nitrogens with zero attached hydrogens (tertiary/aromatic N) is 1. The fourth-order valence-electron chi connectivity index (χ4n) is 12.9. The molecule has 5 rings (SSSR count). The number of fused-ring (bicyclic) bond motifs is 4. The number of primary amides is 1. The van der Waals surface area contributed by atoms with E-state index in [2.05, 4.69) is 74.1 Å². The van der Waals surface area contributed by atoms with Crippen molar-refractivity contribution in [2.75, 3.05) is 31.9 Å². The second kappa shape index (κ2) is 50.0. The summed E-state index contributed by atoms with van der Waals surface area (Å²) in [5.74, 6) is -29.0. The van der Waals surface area contributed by atoms with Crippen molar-refractivity contribution in [3.8, 4) is 11.5 Å². The van der Waals surface area contributed by atoms with Crippen LogP contribution in [0.4, 0.5) is 0 Å². The number of aromatic hydroxyl groups is 2. The number of aliphatic imine (C=N–C) groups is 1. The molecule has 43 nitrogen and oxygen atoms in total. The van der Waals surface area contributed by atoms with Crippen molar-refractivity contribution in [1.29, 1.82) is 5.41 Å². The molecule has 1 aromatic heterocycles. The Labute approximate surface area is 720 Å². The van der Waals surface area contributed by atoms with Gasteiger partial charge in [-0.3, -0.25) is 101 Å². The number of hydrogen-bond donors (Lipinski definition) is 23. The molecule has 124 heavy (non-hydrogen) atoms. The van der Waals surface area contributed by atoms with Gasteiger partial charge in [0.1, 0.15) is 77.0 Å². The summed E-state index contributed by atoms with van der Waals surface area (Å²) >= 11 is 2.17. The van der Waals surface area contributed by atoms with Gasteiger partial charge in [0.15, 0.2) is 17.5 Å². The van der Waals surface area contributed by atoms with Gasteiger partial charge in [0.2, 0.25) is 76.8 Å². The van der Waals surface area contributed by atoms with Gasteiger partial charge in [0.25, 0.3) is 0 Å². The van der Waals surface area contributed by atoms with Crippen LogP contribution in [-0.2, 0) is 110 Å². The molecule has 3 heterocycles. The number of amides is 13. The number of Topliss-reactive ketones (excluding diaryl/α,β-unsaturated/α-hetero) is 2. The van der Waals surface area contributed by atoms with Crippen LogP contribution in [-0.4, -0.2) is 252 Å². The van der Waals surface area contributed by atoms with Crippen molar-refractivity contribution < 1.29 is 122 Å². The van der Waals surface area contributed by atoms with Crippen LogP contribution in [0.3, 0.4) is 0 Å². The molecular weight excluding hydrogens is 1670 g/mol. The largest absolute Gasteiger partial charge is 0.508 e. The van der Waals surface area contributed by atoms with E-state index < -0.39 is 272 Å². The predicted octanol–water partition coefficient (Wildman–Crippen LogP) is -3.57. The standard InChI is InChI=1S/C79H110N18O25S2/c1-7-39(6)65-77(122)96-64(38(4)5)76(121)85-33-46(100)29-47(37(2)3)68(113)90-50(23-40-13-17-44(98)18-14-40)57(101)27-43(28-60(103)104)67(112)92-52(24-41-15-19-45(99)20-16-41)72(117)88-48(11-8-9-21-80)71(116)93-53(30-61(105)106)69(114)86-34-59(102)87-54(31-62(107)108)73(118)89-49(12-10-22-84-79(82)83)70(115)91-51(66(81)111)25-42-26-58(123-35-42)78-95-56(36-124-78)75(120)94-55(32-63(109)110)74(119)97-65/h13-20,26,35,37-39,43,47-56,64-65,98-99H,7-12,21-25,27-34,36,80H2,1-6H3,(H2,81,111)(H,85,121)(H,86,114)(H,87,102)(H,88,117)(H,89,118)(H,90,113)(H,91,115)(H,92,112)(H,93,116)(H,94,120)(H,96,122)(H,97,119)(H,103,104)(H,105,106)(H,107,108)(H,109,110)(H4,82,83,84)/t39-,43-,47-,48-,49-,50-,51?,52-,53-,54-,55-,56-,64-,65-/m0/s1. The number of carboxylic acids is 4. The second-order valence-electron chi connectivity index (χ2n) is 30.6. The fourth-order valence-corrected chi connectivity index (χ4v) is 15.0. The molecule has 2 aromatic carbocycles. The molecule has 1 unspecified atom stereocenters. The number of carbonyl (C=O) groups excluding carboxylic acids is 15. The number of phenols is 2. The Morgan fingerprint density at radius 3 is 1.54 bits per heavy atom. The Morgan fingerprint density at radius 1 is 0.516 bits per heavy atom. The molecule has 3 aromatic rings. The zero-order valence-corrected chi connectivity index (χ0v) is 70.7. The maximum Gasteiger partial charge on any atom is 0.305 e. The molecule has 0 fully saturated rings. The van der Waals surface area contributed by atoms with E-state index in [1.54, 1.807) is 53.0 Å². The van der Waals surface area contributed by atoms with Crippen LogP contribution in [0.2, 0.25) is 0 Å². The summed E-state index contributed by atoms with van der Waals surface area (Å²) in [7, 11) is 0. The zero-order valence-electron chi connectivity index (χ0n) is 69.1. The Kier molecular flexibility index (Phi) is 41.1. The van der Waals surface area contributed by atoms with Crippen LogP contribution in [0.1, 0.15) is 140 Å². The maximum absolute atomic E-state index is 14.8. The summed E-state index contributed by atoms with van der Waals surface area (Å²) in [6.45, 7) is 7.58. The van der Waals surface area contributed by atoms with Gasteiger partial charge in [0.05, 0.1) is 55.6 Å². The number of carbonyl (C=O) groups is 19. The van der Waals surface area contributed by atoms with E-state index >= 15 is 0 Å². The lowest BCUT2D eigenvalue weighted by Gasteiger charge is -2.29. The van der Waals surface area contributed by atoms with E-state index in [1.807, 2.05) is 0 Å². The number of unbranched alkanes of at least 4 members (excludes halogenated alkanes) is 1. The Bertz CT molecular complexity index is 4410. The quantitative estimate of drug-likeness (QED) is 0.0222. The molecule has 678 valence electrons. The molecule has 0 aliphatic carbocycles. The number of aliphatic carboxylic acids is 4. The molecule has 2 aliphatic rings. The summed E-state index contributed by atoms with van der Waals surface area (Å²) in [6, 6.07) is -6.46. The average molecular weight is 1780 g/mol. The van der Waals surface area contributed by atoms with Gasteiger partial charge < -0.3 is 117 Å². The van der Waals surface area contributed by atoms with E-state index in [9.17, 15) is 122 Å². The number of ketones is 2. The summed E-state index contributed by atoms with van der Waals surface area (Å²) < 4.78 is 0. The Hall–Kier alpha value is -12.7. The monoisotopic (exact) mass is 1770 g/mol. The third kappa shape index (κ3) is 34.3. The van der Waals surface area contributed by atoms with E-state index in [1.165, 1.54) is 48.5 Å². The van der Waals surface area contributed by atoms with Crippen molar-refractivity contribution in [3.63, 3.8) is 0 Å². The third-order valence-corrected chi connectivity index (χ3v) is 22.2. The SMILES string of the molecule is CC[C@H](C)[C@@H]1NC(=O)[C@H](CC(=O)O)NC(=O)[C@@H]2CSC(=N2)c2cc(cs2)CC(C(N)=O)NC(=O)[C@H](CCCNC(=N)N)NC(=O)[C@H](CC(=O)O)NC(=O)CNC(=O)[C@H](CC(=O)O)NC(=O)[C@H](CCCCN)NC(=O)[C@H](Cc2ccc(O)cc2)NC(=O)[C@H](CC(=O)O)CC(=O)[C@H](Cc2ccc(O)cc2)NC(=O)[C@H](C(C)C)CC(=O)CNC(=O)[C@H](C(C)C)NC1=O. The highest BCUT2D eigenvalue weighted by atomic mass is 32.2. The van der Waals surface area contributed by atoms with Crippen LogP contribution in [0.15, 0.2) is 65.0 Å². The first-order chi connectivity index (χ1) is 58.4. The van der Waals surface area contributed by atoms with Crippen LogP contribution in [0, 0.1) is 35.0 Å². The van der Waals surface area contributed by atoms with Crippen LogP contribution >= 0.6 is 23.1 Å². The Morgan fingerprint density at radius 2 is 1.00 bits per heavy atom. The van der Waals surface area contributed by atoms with Gasteiger partial charge in [-0.15, -0.1) is 23.1 Å². The minimum atomic E-state index is -2.09. The van der Waals surface area contributed by atoms with Crippen LogP contribution in [0.5, 0.6) is 11.5 Å². The summed E-state index contributed by atoms with van der Waals surface area (Å²) in [4.78, 5) is 267. The number of carboxylic acid groups (broad SMARTS) is 4. The van der Waals surface area contributed by atoms with Gasteiger partial charge in [0, 0.05) is 43.9 Å². The van der Waals surface area contributed by atoms with Gasteiger partial charge in [-0.1, -0.05) is 72.2 Å². The van der Waals surface area contributed by atoms with E-state index in [-0.39, 0.29) is 92.3 Å². The third-order valence-electron chi connectivity index (χ3n) is 20.0. The first kappa shape index (κ1) is 102. The van der Waals surface area contributed by atoms with Gasteiger partial charge in [-0.2, -0.15) is 0 Å². The molecule has 14 atom stereocenters. The van der Waals surface area contributed by atoms with Crippen molar-refractivity contribution in [3.05, 3.63) is 81.5 Å². The molecule has 13 amide bonds. The van der Waals surface area contributed by atoms with Crippen molar-refractivity contribution in [2.24, 2.45) is 51.8 Å². The van der Waals surface area contributed by atoms with Crippen molar-refractivity contribution >= 4 is 146 Å². The molecule has 45 heteroatoms. The van der Waals surface area contributed by atoms with Crippen LogP contribution in [0.25, 0.3) is 0 Å². The first-order valence-corrected chi connectivity index (χ1v) is 41.7. The van der Waals surface area contributed by atoms with E-state index in [4.69, 9.17) is 22.6 Å². The number of nitrogens with two attached hydrogens (primary N) is 3. The highest BCUT2D eigenvalue weighted by Crippen LogP contribution is 2.29. The number of phenolic OH excluding ortho intramolecular Hbond substituents is 2. The number of benzene rings is 2. The van der Waals surface area contributed by atoms with Crippen molar-refractivity contribution in [2.45, 2.75) is 204 Å². The normalized spacial score (nSPS) is 24.1. The lowest BCUT2D eigenvalue weighted by Crippen LogP contribution is -2.60. The molecule has 0 radical (unpaired) electrons. The molecule has 4 bridgehead atoms. The number of guanidine groups is 1. The van der Waals surface area contributed by atoms with Gasteiger partial charge in [-0.05, 0) is 115 Å². The highest BCUT2D eigenvalue weighted by molar-refractivity contribution is 8.15. The van der Waals surface area contributed by atoms with Crippen LogP contribution < -0.4 is 86.3 Å². The summed E-state index contributed by atoms with van der Waals surface area (Å²) in [5, 5.41) is 101. The van der Waals surface area contributed by atoms with E-state index in [0.717, 1.165) is 23.1 Å². The highest BCUT2D eigenvalue weighted by Gasteiger charge is 2.41. The molecule has 0 saturated heterocycles. The van der Waals surface area contributed by atoms with Gasteiger partial charge >= 0.3 is 23.9 Å². The summed E-state index contributed by atoms with van der Waals surface area (Å²) in [6.07, 6.45) is -7.35. The fraction of sp³-hybridized carbons (Fsp3) is 0.532. The Balaban J connectivity index is 1.57. The minimum Gasteiger partial charge on any atom is -0.508 e. The lowest BCUT2D eigenvalue weighted by atomic mass is 9.88. The number of thioether (sulfide) groups is 1. The number of rotatable bonds is 25. The topological polar surface area (TPSA) is 716 Å². The number of thiophene rings is 1. The van der Waals surface area contributed by atoms with Gasteiger partial charge in [-0.25, -0.2) is 0 Å². The number of nitrogens with one attached hydrogen (secondary N) is 14. The predicted molar refractivity (Wildman–Crippen MR) is 445 cm³/mol. The molecule has 0 saturated carbocycles. The summed E-state index contributed by atoms with van der Waals surface area (Å²) in [5.41, 5.74) is 17.9. The molecule has 26 N–H and O–H groups in total. The maximum atomic E-state index is 14.8. The smallest absolute Gasteiger partial charge is 0.305 e. The van der Waals surface area contributed by atoms with E-state index in [0.29, 0.717) is 16.0 Å². The zero-order chi connectivity index (χ0) is 92.4. The number of hydrogen-bond acceptors (Lipinski definition) is 26. The second-order valence-corrected chi connectivity index (χ2v) is 32.6.